The first-order valence-electron chi connectivity index (χ1n) is 7.97. The molecule has 1 fully saturated rings. The zero-order valence-corrected chi connectivity index (χ0v) is 15.1. The van der Waals surface area contributed by atoms with Crippen LogP contribution in [0.3, 0.4) is 0 Å². The van der Waals surface area contributed by atoms with Gasteiger partial charge in [-0.3, -0.25) is 9.59 Å². The predicted octanol–water partition coefficient (Wildman–Crippen LogP) is 3.32. The number of nitrogens with one attached hydrogen (secondary N) is 1. The molecule has 3 aromatic rings. The molecule has 1 N–H and O–H groups in total. The quantitative estimate of drug-likeness (QED) is 0.750. The molecule has 132 valence electrons. The normalized spacial score (nSPS) is 17.2. The molecule has 0 aliphatic carbocycles. The minimum absolute atomic E-state index is 0.300. The number of thiophene rings is 1. The van der Waals surface area contributed by atoms with Crippen molar-refractivity contribution in [1.29, 1.82) is 0 Å². The van der Waals surface area contributed by atoms with Crippen LogP contribution in [0, 0.1) is 5.82 Å². The molecular weight excluding hydrogens is 373 g/mol. The molecule has 2 amide bonds. The van der Waals surface area contributed by atoms with Gasteiger partial charge in [0.1, 0.15) is 22.6 Å². The van der Waals surface area contributed by atoms with Crippen LogP contribution < -0.4 is 5.32 Å². The van der Waals surface area contributed by atoms with Crippen molar-refractivity contribution in [2.24, 2.45) is 0 Å². The van der Waals surface area contributed by atoms with Crippen molar-refractivity contribution in [1.82, 2.24) is 15.2 Å². The molecule has 1 aromatic carbocycles. The Morgan fingerprint density at radius 2 is 2.15 bits per heavy atom. The minimum atomic E-state index is -0.862. The molecule has 4 rings (SSSR count). The molecule has 1 aliphatic rings. The Balaban J connectivity index is 1.66. The second-order valence-electron chi connectivity index (χ2n) is 5.76. The van der Waals surface area contributed by atoms with E-state index in [0.717, 1.165) is 9.88 Å². The maximum atomic E-state index is 13.6. The lowest BCUT2D eigenvalue weighted by atomic mass is 10.0. The highest BCUT2D eigenvalue weighted by atomic mass is 32.1. The summed E-state index contributed by atoms with van der Waals surface area (Å²) in [5, 5.41) is 7.17. The molecule has 1 saturated heterocycles. The zero-order chi connectivity index (χ0) is 18.1. The van der Waals surface area contributed by atoms with Crippen LogP contribution in [-0.4, -0.2) is 34.8 Å². The standard InChI is InChI=1S/C18H14FN3O2S2/c19-12-4-1-3-11(9-12)15-16(23)20-6-7-22(15)18(24)13-10-26-17(21-13)14-5-2-8-25-14/h1-5,8-10,15H,6-7H2,(H,20,23)/t15-/m1/s1. The van der Waals surface area contributed by atoms with Crippen LogP contribution in [0.5, 0.6) is 0 Å². The number of carbonyl (C=O) groups is 2. The van der Waals surface area contributed by atoms with Crippen LogP contribution in [0.4, 0.5) is 4.39 Å². The van der Waals surface area contributed by atoms with Gasteiger partial charge in [-0.05, 0) is 29.1 Å². The summed E-state index contributed by atoms with van der Waals surface area (Å²) in [5.74, 6) is -1.08. The second-order valence-corrected chi connectivity index (χ2v) is 7.57. The molecule has 0 saturated carbocycles. The van der Waals surface area contributed by atoms with Crippen molar-refractivity contribution in [3.8, 4) is 9.88 Å². The SMILES string of the molecule is O=C1NCCN(C(=O)c2csc(-c3cccs3)n2)[C@@H]1c1cccc(F)c1. The van der Waals surface area contributed by atoms with Gasteiger partial charge in [0.25, 0.3) is 5.91 Å². The van der Waals surface area contributed by atoms with Crippen LogP contribution in [0.25, 0.3) is 9.88 Å². The highest BCUT2D eigenvalue weighted by molar-refractivity contribution is 7.20. The first-order chi connectivity index (χ1) is 12.6. The maximum Gasteiger partial charge on any atom is 0.274 e. The first-order valence-corrected chi connectivity index (χ1v) is 9.73. The molecule has 0 unspecified atom stereocenters. The predicted molar refractivity (Wildman–Crippen MR) is 98.6 cm³/mol. The summed E-state index contributed by atoms with van der Waals surface area (Å²) < 4.78 is 13.6. The minimum Gasteiger partial charge on any atom is -0.352 e. The molecule has 0 bridgehead atoms. The lowest BCUT2D eigenvalue weighted by Crippen LogP contribution is -2.52. The Kier molecular flexibility index (Phi) is 4.52. The van der Waals surface area contributed by atoms with E-state index in [2.05, 4.69) is 10.3 Å². The van der Waals surface area contributed by atoms with E-state index in [1.165, 1.54) is 34.4 Å². The Morgan fingerprint density at radius 3 is 2.92 bits per heavy atom. The molecule has 5 nitrogen and oxygen atoms in total. The van der Waals surface area contributed by atoms with Crippen molar-refractivity contribution in [3.05, 3.63) is 64.2 Å². The van der Waals surface area contributed by atoms with Crippen molar-refractivity contribution < 1.29 is 14.0 Å². The summed E-state index contributed by atoms with van der Waals surface area (Å²) in [5.41, 5.74) is 0.749. The largest absolute Gasteiger partial charge is 0.352 e. The Morgan fingerprint density at radius 1 is 1.27 bits per heavy atom. The van der Waals surface area contributed by atoms with Gasteiger partial charge in [0, 0.05) is 18.5 Å². The van der Waals surface area contributed by atoms with Gasteiger partial charge in [0.05, 0.1) is 4.88 Å². The monoisotopic (exact) mass is 387 g/mol. The Hall–Kier alpha value is -2.58. The van der Waals surface area contributed by atoms with E-state index < -0.39 is 11.9 Å². The van der Waals surface area contributed by atoms with Gasteiger partial charge >= 0.3 is 0 Å². The molecule has 8 heteroatoms. The van der Waals surface area contributed by atoms with Gasteiger partial charge in [0.15, 0.2) is 0 Å². The van der Waals surface area contributed by atoms with Crippen molar-refractivity contribution >= 4 is 34.5 Å². The molecular formula is C18H14FN3O2S2. The van der Waals surface area contributed by atoms with E-state index in [-0.39, 0.29) is 11.8 Å². The van der Waals surface area contributed by atoms with Crippen LogP contribution >= 0.6 is 22.7 Å². The van der Waals surface area contributed by atoms with Gasteiger partial charge < -0.3 is 10.2 Å². The van der Waals surface area contributed by atoms with Gasteiger partial charge in [-0.15, -0.1) is 22.7 Å². The van der Waals surface area contributed by atoms with Crippen molar-refractivity contribution in [2.45, 2.75) is 6.04 Å². The number of nitrogens with zero attached hydrogens (tertiary/aromatic N) is 2. The summed E-state index contributed by atoms with van der Waals surface area (Å²) in [6, 6.07) is 8.79. The third-order valence-electron chi connectivity index (χ3n) is 4.09. The number of amides is 2. The number of hydrogen-bond donors (Lipinski definition) is 1. The molecule has 1 atom stereocenters. The highest BCUT2D eigenvalue weighted by Crippen LogP contribution is 2.30. The fourth-order valence-corrected chi connectivity index (χ4v) is 4.53. The van der Waals surface area contributed by atoms with Gasteiger partial charge in [-0.2, -0.15) is 0 Å². The summed E-state index contributed by atoms with van der Waals surface area (Å²) in [6.07, 6.45) is 0. The van der Waals surface area contributed by atoms with Gasteiger partial charge in [0.2, 0.25) is 5.91 Å². The molecule has 1 aliphatic heterocycles. The first kappa shape index (κ1) is 16.9. The maximum absolute atomic E-state index is 13.6. The molecule has 3 heterocycles. The van der Waals surface area contributed by atoms with E-state index in [1.807, 2.05) is 17.5 Å². The third-order valence-corrected chi connectivity index (χ3v) is 5.97. The van der Waals surface area contributed by atoms with Crippen LogP contribution in [0.15, 0.2) is 47.2 Å². The van der Waals surface area contributed by atoms with E-state index >= 15 is 0 Å². The van der Waals surface area contributed by atoms with Crippen molar-refractivity contribution in [3.63, 3.8) is 0 Å². The average molecular weight is 387 g/mol. The number of thiazole rings is 1. The van der Waals surface area contributed by atoms with Crippen molar-refractivity contribution in [2.75, 3.05) is 13.1 Å². The fraction of sp³-hybridized carbons (Fsp3) is 0.167. The average Bonchev–Trinajstić information content (AvgIpc) is 3.32. The fourth-order valence-electron chi connectivity index (χ4n) is 2.93. The molecule has 0 radical (unpaired) electrons. The zero-order valence-electron chi connectivity index (χ0n) is 13.5. The summed E-state index contributed by atoms with van der Waals surface area (Å²) >= 11 is 2.94. The number of hydrogen-bond acceptors (Lipinski definition) is 5. The van der Waals surface area contributed by atoms with Crippen LogP contribution in [0.2, 0.25) is 0 Å². The van der Waals surface area contributed by atoms with E-state index in [9.17, 15) is 14.0 Å². The molecule has 0 spiro atoms. The number of halogens is 1. The number of piperazine rings is 1. The van der Waals surface area contributed by atoms with Gasteiger partial charge in [-0.25, -0.2) is 9.37 Å². The summed E-state index contributed by atoms with van der Waals surface area (Å²) in [6.45, 7) is 0.704. The lowest BCUT2D eigenvalue weighted by molar-refractivity contribution is -0.128. The van der Waals surface area contributed by atoms with Crippen LogP contribution in [0.1, 0.15) is 22.1 Å². The third kappa shape index (κ3) is 3.13. The molecule has 26 heavy (non-hydrogen) atoms. The van der Waals surface area contributed by atoms with E-state index in [4.69, 9.17) is 0 Å². The smallest absolute Gasteiger partial charge is 0.274 e. The topological polar surface area (TPSA) is 62.3 Å². The second kappa shape index (κ2) is 6.97. The van der Waals surface area contributed by atoms with Gasteiger partial charge in [-0.1, -0.05) is 18.2 Å². The lowest BCUT2D eigenvalue weighted by Gasteiger charge is -2.34. The Bertz CT molecular complexity index is 955. The van der Waals surface area contributed by atoms with E-state index in [1.54, 1.807) is 22.8 Å². The van der Waals surface area contributed by atoms with Crippen LogP contribution in [-0.2, 0) is 4.79 Å². The number of benzene rings is 1. The number of rotatable bonds is 3. The molecule has 2 aromatic heterocycles. The number of carbonyl (C=O) groups excluding carboxylic acids is 2. The Labute approximate surface area is 157 Å². The highest BCUT2D eigenvalue weighted by Gasteiger charge is 2.35. The summed E-state index contributed by atoms with van der Waals surface area (Å²) in [7, 11) is 0. The number of aromatic nitrogens is 1. The summed E-state index contributed by atoms with van der Waals surface area (Å²) in [4.78, 5) is 32.3. The van der Waals surface area contributed by atoms with E-state index in [0.29, 0.717) is 24.3 Å².